The Morgan fingerprint density at radius 2 is 1.71 bits per heavy atom. The summed E-state index contributed by atoms with van der Waals surface area (Å²) in [4.78, 5) is 23.2. The zero-order chi connectivity index (χ0) is 14.7. The van der Waals surface area contributed by atoms with E-state index in [0.29, 0.717) is 16.7 Å². The van der Waals surface area contributed by atoms with E-state index in [0.717, 1.165) is 4.47 Å². The number of ketones is 1. The zero-order valence-corrected chi connectivity index (χ0v) is 15.0. The third kappa shape index (κ3) is 4.49. The monoisotopic (exact) mass is 357 g/mol. The third-order valence-electron chi connectivity index (χ3n) is 2.88. The first-order valence-electron chi connectivity index (χ1n) is 5.87. The van der Waals surface area contributed by atoms with Crippen molar-refractivity contribution in [3.63, 3.8) is 0 Å². The number of hydrogen-bond acceptors (Lipinski definition) is 3. The molecule has 0 fully saturated rings. The van der Waals surface area contributed by atoms with Crippen molar-refractivity contribution in [3.8, 4) is 0 Å². The van der Waals surface area contributed by atoms with Crippen molar-refractivity contribution in [3.05, 3.63) is 69.7 Å². The molecule has 2 rings (SSSR count). The van der Waals surface area contributed by atoms with Gasteiger partial charge in [-0.05, 0) is 35.9 Å². The van der Waals surface area contributed by atoms with Gasteiger partial charge in [-0.3, -0.25) is 9.59 Å². The van der Waals surface area contributed by atoms with Gasteiger partial charge in [0.05, 0.1) is 0 Å². The number of nitrogens with two attached hydrogens (primary N) is 1. The Bertz CT molecular complexity index is 664. The van der Waals surface area contributed by atoms with Crippen LogP contribution in [0.1, 0.15) is 29.0 Å². The number of carbonyl (C=O) groups is 2. The standard InChI is InChI=1S/C15H12BrNO3.Na.H/c16-12-6-4-9(5-7-12)14(18)11-3-1-2-10(8-11)13(17)15(19)20;;/h1-8,13H,17H2,(H,19,20);;/q;+1;-1. The van der Waals surface area contributed by atoms with Gasteiger partial charge in [0.2, 0.25) is 0 Å². The second-order valence-electron chi connectivity index (χ2n) is 4.28. The molecule has 2 aromatic carbocycles. The summed E-state index contributed by atoms with van der Waals surface area (Å²) in [6.45, 7) is 0. The first kappa shape index (κ1) is 18.1. The number of hydrogen-bond donors (Lipinski definition) is 2. The van der Waals surface area contributed by atoms with Crippen LogP contribution in [0.15, 0.2) is 53.0 Å². The van der Waals surface area contributed by atoms with E-state index >= 15 is 0 Å². The average Bonchev–Trinajstić information content (AvgIpc) is 2.46. The normalized spacial score (nSPS) is 11.3. The van der Waals surface area contributed by atoms with Crippen molar-refractivity contribution in [1.82, 2.24) is 0 Å². The molecule has 3 N–H and O–H groups in total. The molecular formula is C15H13BrNNaO3. The zero-order valence-electron chi connectivity index (χ0n) is 12.4. The molecule has 0 saturated heterocycles. The number of benzene rings is 2. The summed E-state index contributed by atoms with van der Waals surface area (Å²) < 4.78 is 0.885. The van der Waals surface area contributed by atoms with Gasteiger partial charge in [-0.15, -0.1) is 0 Å². The number of rotatable bonds is 4. The molecule has 0 spiro atoms. The summed E-state index contributed by atoms with van der Waals surface area (Å²) in [5, 5.41) is 8.90. The number of halogens is 1. The molecule has 4 nitrogen and oxygen atoms in total. The molecular weight excluding hydrogens is 345 g/mol. The number of carboxylic acids is 1. The van der Waals surface area contributed by atoms with Gasteiger partial charge in [-0.25, -0.2) is 0 Å². The fraction of sp³-hybridized carbons (Fsp3) is 0.0667. The molecule has 0 aliphatic carbocycles. The fourth-order valence-corrected chi connectivity index (χ4v) is 2.05. The van der Waals surface area contributed by atoms with Gasteiger partial charge in [-0.2, -0.15) is 0 Å². The molecule has 0 radical (unpaired) electrons. The third-order valence-corrected chi connectivity index (χ3v) is 3.41. The van der Waals surface area contributed by atoms with Crippen LogP contribution in [-0.2, 0) is 4.79 Å². The maximum Gasteiger partial charge on any atom is 1.00 e. The van der Waals surface area contributed by atoms with E-state index in [4.69, 9.17) is 10.8 Å². The summed E-state index contributed by atoms with van der Waals surface area (Å²) >= 11 is 3.30. The Hall–Kier alpha value is -0.980. The molecule has 0 aliphatic heterocycles. The van der Waals surface area contributed by atoms with Crippen molar-refractivity contribution in [2.75, 3.05) is 0 Å². The molecule has 21 heavy (non-hydrogen) atoms. The summed E-state index contributed by atoms with van der Waals surface area (Å²) in [5.74, 6) is -1.30. The van der Waals surface area contributed by atoms with Crippen LogP contribution in [0.25, 0.3) is 0 Å². The molecule has 1 atom stereocenters. The average molecular weight is 358 g/mol. The van der Waals surface area contributed by atoms with Crippen molar-refractivity contribution in [2.24, 2.45) is 5.73 Å². The fourth-order valence-electron chi connectivity index (χ4n) is 1.78. The van der Waals surface area contributed by atoms with Crippen LogP contribution in [0.4, 0.5) is 0 Å². The maximum absolute atomic E-state index is 12.3. The Kier molecular flexibility index (Phi) is 6.77. The van der Waals surface area contributed by atoms with Gasteiger partial charge in [0.25, 0.3) is 0 Å². The molecule has 2 aromatic rings. The smallest absolute Gasteiger partial charge is 1.00 e. The van der Waals surface area contributed by atoms with Crippen molar-refractivity contribution in [1.29, 1.82) is 0 Å². The number of carbonyl (C=O) groups excluding carboxylic acids is 1. The largest absolute Gasteiger partial charge is 1.00 e. The topological polar surface area (TPSA) is 80.4 Å². The minimum atomic E-state index is -1.13. The number of carboxylic acid groups (broad SMARTS) is 1. The van der Waals surface area contributed by atoms with Crippen LogP contribution in [0.5, 0.6) is 0 Å². The Balaban J connectivity index is 0.00000220. The summed E-state index contributed by atoms with van der Waals surface area (Å²) in [6.07, 6.45) is 0. The first-order chi connectivity index (χ1) is 9.49. The van der Waals surface area contributed by atoms with Gasteiger partial charge in [0, 0.05) is 15.6 Å². The van der Waals surface area contributed by atoms with Crippen LogP contribution in [-0.4, -0.2) is 16.9 Å². The van der Waals surface area contributed by atoms with E-state index in [1.807, 2.05) is 0 Å². The molecule has 104 valence electrons. The van der Waals surface area contributed by atoms with E-state index in [-0.39, 0.29) is 36.8 Å². The van der Waals surface area contributed by atoms with Crippen LogP contribution < -0.4 is 35.3 Å². The van der Waals surface area contributed by atoms with E-state index in [2.05, 4.69) is 15.9 Å². The van der Waals surface area contributed by atoms with Crippen LogP contribution in [0, 0.1) is 0 Å². The predicted molar refractivity (Wildman–Crippen MR) is 79.7 cm³/mol. The molecule has 0 saturated carbocycles. The molecule has 6 heteroatoms. The molecule has 0 aromatic heterocycles. The Labute approximate surface area is 154 Å². The molecule has 1 unspecified atom stereocenters. The van der Waals surface area contributed by atoms with Crippen LogP contribution in [0.3, 0.4) is 0 Å². The van der Waals surface area contributed by atoms with Gasteiger partial charge in [-0.1, -0.05) is 34.1 Å². The molecule has 0 amide bonds. The van der Waals surface area contributed by atoms with Crippen molar-refractivity contribution in [2.45, 2.75) is 6.04 Å². The minimum Gasteiger partial charge on any atom is -1.00 e. The summed E-state index contributed by atoms with van der Waals surface area (Å²) in [6, 6.07) is 12.2. The first-order valence-corrected chi connectivity index (χ1v) is 6.67. The molecule has 0 bridgehead atoms. The second-order valence-corrected chi connectivity index (χ2v) is 5.19. The Morgan fingerprint density at radius 1 is 1.10 bits per heavy atom. The van der Waals surface area contributed by atoms with Crippen molar-refractivity contribution < 1.29 is 45.7 Å². The maximum atomic E-state index is 12.3. The van der Waals surface area contributed by atoms with Crippen molar-refractivity contribution >= 4 is 27.7 Å². The van der Waals surface area contributed by atoms with Gasteiger partial charge >= 0.3 is 35.5 Å². The van der Waals surface area contributed by atoms with E-state index < -0.39 is 12.0 Å². The molecule has 0 aliphatic rings. The van der Waals surface area contributed by atoms with Gasteiger partial charge < -0.3 is 12.3 Å². The number of aliphatic carboxylic acids is 1. The Morgan fingerprint density at radius 3 is 2.29 bits per heavy atom. The van der Waals surface area contributed by atoms with Gasteiger partial charge in [0.1, 0.15) is 6.04 Å². The van der Waals surface area contributed by atoms with Gasteiger partial charge in [0.15, 0.2) is 5.78 Å². The van der Waals surface area contributed by atoms with E-state index in [9.17, 15) is 9.59 Å². The van der Waals surface area contributed by atoms with E-state index in [1.54, 1.807) is 42.5 Å². The molecule has 0 heterocycles. The predicted octanol–water partition coefficient (Wildman–Crippen LogP) is -0.119. The summed E-state index contributed by atoms with van der Waals surface area (Å²) in [5.41, 5.74) is 6.91. The quantitative estimate of drug-likeness (QED) is 0.590. The van der Waals surface area contributed by atoms with E-state index in [1.165, 1.54) is 6.07 Å². The summed E-state index contributed by atoms with van der Waals surface area (Å²) in [7, 11) is 0. The van der Waals surface area contributed by atoms with Crippen LogP contribution in [0.2, 0.25) is 0 Å². The minimum absolute atomic E-state index is 0. The van der Waals surface area contributed by atoms with Crippen LogP contribution >= 0.6 is 15.9 Å². The second kappa shape index (κ2) is 7.87. The SMILES string of the molecule is NC(C(=O)O)c1cccc(C(=O)c2ccc(Br)cc2)c1.[H-].[Na+].